The highest BCUT2D eigenvalue weighted by Gasteiger charge is 2.11. The maximum Gasteiger partial charge on any atom is 0.333 e. The van der Waals surface area contributed by atoms with Crippen LogP contribution in [0.15, 0.2) is 12.1 Å². The molecule has 1 aromatic heterocycles. The summed E-state index contributed by atoms with van der Waals surface area (Å²) >= 11 is 0. The van der Waals surface area contributed by atoms with Crippen LogP contribution < -0.4 is 4.84 Å². The Hall–Kier alpha value is -1.98. The Bertz CT molecular complexity index is 419. The predicted octanol–water partition coefficient (Wildman–Crippen LogP) is 1.78. The van der Waals surface area contributed by atoms with Gasteiger partial charge in [0, 0.05) is 25.0 Å². The maximum atomic E-state index is 11.4. The van der Waals surface area contributed by atoms with Crippen LogP contribution >= 0.6 is 0 Å². The number of nitrogens with zero attached hydrogens (tertiary/aromatic N) is 1. The molecule has 0 aromatic carbocycles. The molecule has 0 fully saturated rings. The van der Waals surface area contributed by atoms with Crippen molar-refractivity contribution >= 4 is 11.8 Å². The molecule has 0 spiro atoms. The van der Waals surface area contributed by atoms with Crippen molar-refractivity contribution in [1.82, 2.24) is 4.73 Å². The van der Waals surface area contributed by atoms with E-state index in [2.05, 4.69) is 0 Å². The van der Waals surface area contributed by atoms with Crippen LogP contribution in [0.4, 0.5) is 0 Å². The van der Waals surface area contributed by atoms with Crippen LogP contribution in [0.3, 0.4) is 0 Å². The Morgan fingerprint density at radius 1 is 1.05 bits per heavy atom. The lowest BCUT2D eigenvalue weighted by molar-refractivity contribution is -0.145. The molecule has 0 saturated carbocycles. The predicted molar refractivity (Wildman–Crippen MR) is 67.7 cm³/mol. The van der Waals surface area contributed by atoms with Gasteiger partial charge in [0.2, 0.25) is 11.8 Å². The Labute approximate surface area is 111 Å². The SMILES string of the molecule is CC(=O)CCCCCCC(=O)On1c(O)ccc1O. The molecule has 0 aliphatic heterocycles. The van der Waals surface area contributed by atoms with Crippen molar-refractivity contribution in [2.45, 2.75) is 45.4 Å². The molecule has 6 heteroatoms. The minimum absolute atomic E-state index is 0.179. The van der Waals surface area contributed by atoms with Crippen molar-refractivity contribution in [3.8, 4) is 11.8 Å². The van der Waals surface area contributed by atoms with E-state index in [0.717, 1.165) is 19.3 Å². The van der Waals surface area contributed by atoms with Crippen molar-refractivity contribution < 1.29 is 24.6 Å². The Morgan fingerprint density at radius 2 is 1.58 bits per heavy atom. The van der Waals surface area contributed by atoms with E-state index in [0.29, 0.717) is 17.6 Å². The molecule has 6 nitrogen and oxygen atoms in total. The quantitative estimate of drug-likeness (QED) is 0.702. The van der Waals surface area contributed by atoms with E-state index >= 15 is 0 Å². The summed E-state index contributed by atoms with van der Waals surface area (Å²) in [5, 5.41) is 18.5. The third-order valence-electron chi connectivity index (χ3n) is 2.65. The molecule has 19 heavy (non-hydrogen) atoms. The standard InChI is InChI=1S/C13H19NO5/c1-10(15)6-4-2-3-5-7-13(18)19-14-11(16)8-9-12(14)17/h8-9,16-17H,2-7H2,1H3. The summed E-state index contributed by atoms with van der Waals surface area (Å²) in [6.45, 7) is 1.56. The number of Topliss-reactive ketones (excluding diaryl/α,β-unsaturated/α-hetero) is 1. The number of aromatic nitrogens is 1. The summed E-state index contributed by atoms with van der Waals surface area (Å²) in [4.78, 5) is 26.9. The molecule has 1 aromatic rings. The minimum atomic E-state index is -0.520. The van der Waals surface area contributed by atoms with Gasteiger partial charge in [0.25, 0.3) is 0 Å². The number of rotatable bonds is 8. The fourth-order valence-electron chi connectivity index (χ4n) is 1.64. The summed E-state index contributed by atoms with van der Waals surface area (Å²) < 4.78 is 0.679. The summed E-state index contributed by atoms with van der Waals surface area (Å²) in [5.74, 6) is -0.994. The largest absolute Gasteiger partial charge is 0.492 e. The lowest BCUT2D eigenvalue weighted by Crippen LogP contribution is -2.18. The normalized spacial score (nSPS) is 10.4. The van der Waals surface area contributed by atoms with Crippen LogP contribution in [-0.2, 0) is 9.59 Å². The third kappa shape index (κ3) is 5.46. The molecule has 0 aliphatic rings. The Morgan fingerprint density at radius 3 is 2.11 bits per heavy atom. The average molecular weight is 269 g/mol. The third-order valence-corrected chi connectivity index (χ3v) is 2.65. The van der Waals surface area contributed by atoms with Gasteiger partial charge in [-0.05, 0) is 19.8 Å². The lowest BCUT2D eigenvalue weighted by Gasteiger charge is -2.06. The van der Waals surface area contributed by atoms with Gasteiger partial charge in [0.05, 0.1) is 0 Å². The average Bonchev–Trinajstić information content (AvgIpc) is 2.65. The van der Waals surface area contributed by atoms with E-state index in [4.69, 9.17) is 4.84 Å². The van der Waals surface area contributed by atoms with E-state index in [9.17, 15) is 19.8 Å². The minimum Gasteiger partial charge on any atom is -0.492 e. The van der Waals surface area contributed by atoms with Crippen molar-refractivity contribution in [3.05, 3.63) is 12.1 Å². The molecule has 0 bridgehead atoms. The lowest BCUT2D eigenvalue weighted by atomic mass is 10.1. The zero-order valence-electron chi connectivity index (χ0n) is 11.0. The molecular weight excluding hydrogens is 250 g/mol. The Balaban J connectivity index is 2.17. The second-order valence-electron chi connectivity index (χ2n) is 4.42. The van der Waals surface area contributed by atoms with Crippen LogP contribution in [0.2, 0.25) is 0 Å². The molecule has 0 aliphatic carbocycles. The van der Waals surface area contributed by atoms with Crippen molar-refractivity contribution in [1.29, 1.82) is 0 Å². The summed E-state index contributed by atoms with van der Waals surface area (Å²) in [6.07, 6.45) is 4.01. The number of hydrogen-bond acceptors (Lipinski definition) is 5. The summed E-state index contributed by atoms with van der Waals surface area (Å²) in [5.41, 5.74) is 0. The number of carbonyl (C=O) groups is 2. The van der Waals surface area contributed by atoms with E-state index in [-0.39, 0.29) is 24.0 Å². The zero-order chi connectivity index (χ0) is 14.3. The molecule has 0 radical (unpaired) electrons. The van der Waals surface area contributed by atoms with Crippen LogP contribution in [0.1, 0.15) is 45.4 Å². The summed E-state index contributed by atoms with van der Waals surface area (Å²) in [7, 11) is 0. The highest BCUT2D eigenvalue weighted by molar-refractivity contribution is 5.75. The molecule has 1 heterocycles. The maximum absolute atomic E-state index is 11.4. The topological polar surface area (TPSA) is 88.8 Å². The second-order valence-corrected chi connectivity index (χ2v) is 4.42. The first-order chi connectivity index (χ1) is 9.00. The van der Waals surface area contributed by atoms with Gasteiger partial charge in [-0.1, -0.05) is 12.8 Å². The molecule has 2 N–H and O–H groups in total. The van der Waals surface area contributed by atoms with Gasteiger partial charge in [-0.15, -0.1) is 4.73 Å². The number of carbonyl (C=O) groups excluding carboxylic acids is 2. The highest BCUT2D eigenvalue weighted by atomic mass is 16.7. The smallest absolute Gasteiger partial charge is 0.333 e. The fourth-order valence-corrected chi connectivity index (χ4v) is 1.64. The van der Waals surface area contributed by atoms with Crippen LogP contribution in [-0.4, -0.2) is 26.7 Å². The van der Waals surface area contributed by atoms with Crippen LogP contribution in [0.5, 0.6) is 11.8 Å². The van der Waals surface area contributed by atoms with Gasteiger partial charge >= 0.3 is 5.97 Å². The number of ketones is 1. The highest BCUT2D eigenvalue weighted by Crippen LogP contribution is 2.19. The molecule has 0 atom stereocenters. The molecule has 106 valence electrons. The first kappa shape index (κ1) is 15.1. The molecule has 1 rings (SSSR count). The van der Waals surface area contributed by atoms with Gasteiger partial charge < -0.3 is 19.8 Å². The molecule has 0 saturated heterocycles. The first-order valence-electron chi connectivity index (χ1n) is 6.31. The Kier molecular flexibility index (Phi) is 5.92. The van der Waals surface area contributed by atoms with Gasteiger partial charge in [-0.3, -0.25) is 0 Å². The van der Waals surface area contributed by atoms with E-state index in [1.165, 1.54) is 12.1 Å². The fraction of sp³-hybridized carbons (Fsp3) is 0.538. The van der Waals surface area contributed by atoms with Crippen LogP contribution in [0.25, 0.3) is 0 Å². The van der Waals surface area contributed by atoms with Crippen molar-refractivity contribution in [2.75, 3.05) is 0 Å². The van der Waals surface area contributed by atoms with Crippen LogP contribution in [0, 0.1) is 0 Å². The van der Waals surface area contributed by atoms with Crippen molar-refractivity contribution in [3.63, 3.8) is 0 Å². The first-order valence-corrected chi connectivity index (χ1v) is 6.31. The van der Waals surface area contributed by atoms with Gasteiger partial charge in [0.1, 0.15) is 5.78 Å². The van der Waals surface area contributed by atoms with Gasteiger partial charge in [-0.25, -0.2) is 4.79 Å². The molecule has 0 unspecified atom stereocenters. The molecular formula is C13H19NO5. The monoisotopic (exact) mass is 269 g/mol. The van der Waals surface area contributed by atoms with Crippen molar-refractivity contribution in [2.24, 2.45) is 0 Å². The van der Waals surface area contributed by atoms with E-state index in [1.807, 2.05) is 0 Å². The van der Waals surface area contributed by atoms with E-state index < -0.39 is 5.97 Å². The number of hydrogen-bond donors (Lipinski definition) is 2. The summed E-state index contributed by atoms with van der Waals surface area (Å²) in [6, 6.07) is 2.45. The second kappa shape index (κ2) is 7.45. The van der Waals surface area contributed by atoms with Gasteiger partial charge in [0.15, 0.2) is 0 Å². The van der Waals surface area contributed by atoms with Gasteiger partial charge in [-0.2, -0.15) is 0 Å². The zero-order valence-corrected chi connectivity index (χ0v) is 11.0. The van der Waals surface area contributed by atoms with E-state index in [1.54, 1.807) is 6.92 Å². The molecule has 0 amide bonds. The number of aromatic hydroxyl groups is 2. The number of unbranched alkanes of at least 4 members (excludes halogenated alkanes) is 3.